The number of thiophene rings is 4. The highest BCUT2D eigenvalue weighted by molar-refractivity contribution is 7.41. The molecule has 0 bridgehead atoms. The van der Waals surface area contributed by atoms with Gasteiger partial charge in [-0.1, -0.05) is 0 Å². The number of fused-ring (bicyclic) bond motifs is 4. The number of carbonyl (C=O) groups excluding carboxylic acids is 2. The van der Waals surface area contributed by atoms with E-state index in [1.165, 1.54) is 18.8 Å². The van der Waals surface area contributed by atoms with Gasteiger partial charge in [0.2, 0.25) is 0 Å². The Labute approximate surface area is 164 Å². The van der Waals surface area contributed by atoms with Gasteiger partial charge in [0.15, 0.2) is 6.29 Å². The van der Waals surface area contributed by atoms with Crippen molar-refractivity contribution in [3.8, 4) is 0 Å². The van der Waals surface area contributed by atoms with Gasteiger partial charge in [-0.3, -0.25) is 4.79 Å². The number of hydrogen-bond donors (Lipinski definition) is 1. The van der Waals surface area contributed by atoms with Crippen LogP contribution < -0.4 is 0 Å². The summed E-state index contributed by atoms with van der Waals surface area (Å²) in [4.78, 5) is 25.8. The molecular formula is C18H13NO3S4. The molecule has 0 saturated carbocycles. The number of hydrogen-bond acceptors (Lipinski definition) is 7. The number of rotatable bonds is 3. The Morgan fingerprint density at radius 2 is 1.96 bits per heavy atom. The van der Waals surface area contributed by atoms with Gasteiger partial charge in [-0.05, 0) is 41.9 Å². The Morgan fingerprint density at radius 1 is 1.15 bits per heavy atom. The molecule has 5 heterocycles. The van der Waals surface area contributed by atoms with Crippen molar-refractivity contribution >= 4 is 86.6 Å². The SMILES string of the molecule is CCOC(=O)c1cc2sc3sccc3c2[nH]1.O=Cc1cc2ccsc2s1. The van der Waals surface area contributed by atoms with E-state index in [-0.39, 0.29) is 5.97 Å². The number of aromatic amines is 1. The average molecular weight is 420 g/mol. The van der Waals surface area contributed by atoms with Gasteiger partial charge in [0.1, 0.15) is 5.69 Å². The minimum Gasteiger partial charge on any atom is -0.461 e. The predicted octanol–water partition coefficient (Wildman–Crippen LogP) is 6.40. The number of aromatic nitrogens is 1. The Balaban J connectivity index is 0.000000144. The highest BCUT2D eigenvalue weighted by atomic mass is 32.2. The third-order valence-corrected chi connectivity index (χ3v) is 7.98. The Hall–Kier alpha value is -2.00. The second-order valence-corrected chi connectivity index (χ2v) is 9.78. The summed E-state index contributed by atoms with van der Waals surface area (Å²) in [5.74, 6) is -0.283. The summed E-state index contributed by atoms with van der Waals surface area (Å²) in [5.41, 5.74) is 1.58. The molecule has 0 aromatic carbocycles. The second kappa shape index (κ2) is 7.32. The molecule has 26 heavy (non-hydrogen) atoms. The van der Waals surface area contributed by atoms with Crippen molar-refractivity contribution in [2.75, 3.05) is 6.61 Å². The molecular weight excluding hydrogens is 406 g/mol. The van der Waals surface area contributed by atoms with Crippen molar-refractivity contribution < 1.29 is 14.3 Å². The number of H-pyrrole nitrogens is 1. The monoisotopic (exact) mass is 419 g/mol. The van der Waals surface area contributed by atoms with Crippen LogP contribution in [0.4, 0.5) is 0 Å². The maximum Gasteiger partial charge on any atom is 0.354 e. The van der Waals surface area contributed by atoms with E-state index in [0.717, 1.165) is 21.4 Å². The molecule has 0 atom stereocenters. The molecule has 1 N–H and O–H groups in total. The van der Waals surface area contributed by atoms with Crippen LogP contribution in [0.3, 0.4) is 0 Å². The topological polar surface area (TPSA) is 59.2 Å². The molecule has 5 aromatic heterocycles. The van der Waals surface area contributed by atoms with E-state index < -0.39 is 0 Å². The first kappa shape index (κ1) is 17.4. The molecule has 0 spiro atoms. The molecule has 0 fully saturated rings. The van der Waals surface area contributed by atoms with Crippen molar-refractivity contribution in [2.45, 2.75) is 6.92 Å². The van der Waals surface area contributed by atoms with Crippen LogP contribution in [0.2, 0.25) is 0 Å². The van der Waals surface area contributed by atoms with Crippen LogP contribution in [-0.2, 0) is 4.74 Å². The zero-order valence-electron chi connectivity index (χ0n) is 13.6. The largest absolute Gasteiger partial charge is 0.461 e. The van der Waals surface area contributed by atoms with Gasteiger partial charge in [0.05, 0.1) is 29.7 Å². The summed E-state index contributed by atoms with van der Waals surface area (Å²) in [6.07, 6.45) is 0.900. The van der Waals surface area contributed by atoms with E-state index in [1.807, 2.05) is 23.6 Å². The molecule has 0 radical (unpaired) electrons. The molecule has 0 aliphatic heterocycles. The lowest BCUT2D eigenvalue weighted by atomic mass is 10.4. The molecule has 0 saturated heterocycles. The van der Waals surface area contributed by atoms with Crippen LogP contribution in [-0.4, -0.2) is 23.8 Å². The standard InChI is InChI=1S/C11H9NO2S2.C7H4OS2/c1-2-14-10(13)7-5-8-9(12-7)6-3-4-15-11(6)16-8;8-4-6-3-5-1-2-9-7(5)10-6/h3-5,12H,2H2,1H3;1-4H. The van der Waals surface area contributed by atoms with Gasteiger partial charge in [-0.25, -0.2) is 4.79 Å². The first-order valence-corrected chi connectivity index (χ1v) is 11.2. The van der Waals surface area contributed by atoms with Crippen LogP contribution in [0.5, 0.6) is 0 Å². The molecule has 4 nitrogen and oxygen atoms in total. The number of nitrogens with one attached hydrogen (secondary N) is 1. The van der Waals surface area contributed by atoms with Gasteiger partial charge < -0.3 is 9.72 Å². The molecule has 132 valence electrons. The number of esters is 1. The Morgan fingerprint density at radius 3 is 2.73 bits per heavy atom. The van der Waals surface area contributed by atoms with Crippen LogP contribution in [0.25, 0.3) is 29.0 Å². The maximum absolute atomic E-state index is 11.5. The van der Waals surface area contributed by atoms with Gasteiger partial charge in [0, 0.05) is 10.8 Å². The number of ether oxygens (including phenoxy) is 1. The van der Waals surface area contributed by atoms with Crippen molar-refractivity contribution in [3.63, 3.8) is 0 Å². The Bertz CT molecular complexity index is 1170. The van der Waals surface area contributed by atoms with Crippen molar-refractivity contribution in [2.24, 2.45) is 0 Å². The van der Waals surface area contributed by atoms with Gasteiger partial charge >= 0.3 is 5.97 Å². The van der Waals surface area contributed by atoms with Gasteiger partial charge in [-0.15, -0.1) is 45.3 Å². The second-order valence-electron chi connectivity index (χ2n) is 5.30. The molecule has 0 unspecified atom stereocenters. The summed E-state index contributed by atoms with van der Waals surface area (Å²) < 4.78 is 8.60. The maximum atomic E-state index is 11.5. The van der Waals surface area contributed by atoms with E-state index >= 15 is 0 Å². The zero-order valence-corrected chi connectivity index (χ0v) is 16.9. The van der Waals surface area contributed by atoms with E-state index in [0.29, 0.717) is 12.3 Å². The zero-order chi connectivity index (χ0) is 18.1. The van der Waals surface area contributed by atoms with Crippen LogP contribution in [0, 0.1) is 0 Å². The highest BCUT2D eigenvalue weighted by Crippen LogP contribution is 2.37. The first-order chi connectivity index (χ1) is 12.7. The van der Waals surface area contributed by atoms with Crippen molar-refractivity contribution in [1.82, 2.24) is 4.98 Å². The van der Waals surface area contributed by atoms with Crippen LogP contribution in [0.15, 0.2) is 35.0 Å². The minimum absolute atomic E-state index is 0.283. The van der Waals surface area contributed by atoms with Gasteiger partial charge in [-0.2, -0.15) is 0 Å². The lowest BCUT2D eigenvalue weighted by molar-refractivity contribution is 0.0520. The lowest BCUT2D eigenvalue weighted by Crippen LogP contribution is -2.04. The van der Waals surface area contributed by atoms with Crippen molar-refractivity contribution in [1.29, 1.82) is 0 Å². The molecule has 5 rings (SSSR count). The summed E-state index contributed by atoms with van der Waals surface area (Å²) in [6.45, 7) is 2.21. The minimum atomic E-state index is -0.283. The van der Waals surface area contributed by atoms with E-state index in [4.69, 9.17) is 4.74 Å². The van der Waals surface area contributed by atoms with E-state index in [1.54, 1.807) is 52.3 Å². The highest BCUT2D eigenvalue weighted by Gasteiger charge is 2.14. The summed E-state index contributed by atoms with van der Waals surface area (Å²) >= 11 is 6.67. The fourth-order valence-electron chi connectivity index (χ4n) is 2.54. The summed E-state index contributed by atoms with van der Waals surface area (Å²) in [5, 5.41) is 6.49. The number of aldehydes is 1. The molecule has 0 amide bonds. The molecule has 8 heteroatoms. The number of carbonyl (C=O) groups is 2. The summed E-state index contributed by atoms with van der Waals surface area (Å²) in [7, 11) is 0. The fourth-order valence-corrected chi connectivity index (χ4v) is 6.65. The molecule has 0 aliphatic carbocycles. The van der Waals surface area contributed by atoms with Crippen molar-refractivity contribution in [3.05, 3.63) is 45.6 Å². The smallest absolute Gasteiger partial charge is 0.354 e. The van der Waals surface area contributed by atoms with E-state index in [2.05, 4.69) is 16.4 Å². The quantitative estimate of drug-likeness (QED) is 0.272. The molecule has 5 aromatic rings. The average Bonchev–Trinajstić information content (AvgIpc) is 3.38. The molecule has 0 aliphatic rings. The third-order valence-electron chi connectivity index (χ3n) is 3.66. The fraction of sp³-hybridized carbons (Fsp3) is 0.111. The van der Waals surface area contributed by atoms with Crippen LogP contribution >= 0.6 is 45.3 Å². The van der Waals surface area contributed by atoms with Gasteiger partial charge in [0.25, 0.3) is 0 Å². The van der Waals surface area contributed by atoms with Crippen LogP contribution in [0.1, 0.15) is 27.1 Å². The first-order valence-electron chi connectivity index (χ1n) is 7.77. The summed E-state index contributed by atoms with van der Waals surface area (Å²) in [6, 6.07) is 7.89. The van der Waals surface area contributed by atoms with E-state index in [9.17, 15) is 9.59 Å². The normalized spacial score (nSPS) is 11.0. The lowest BCUT2D eigenvalue weighted by Gasteiger charge is -1.96. The third kappa shape index (κ3) is 3.21. The predicted molar refractivity (Wildman–Crippen MR) is 113 cm³/mol. The Kier molecular flexibility index (Phi) is 4.90.